The van der Waals surface area contributed by atoms with Crippen LogP contribution in [0.4, 0.5) is 0 Å². The molecular weight excluding hydrogens is 350 g/mol. The summed E-state index contributed by atoms with van der Waals surface area (Å²) < 4.78 is 16.6. The second kappa shape index (κ2) is 7.89. The van der Waals surface area contributed by atoms with Crippen molar-refractivity contribution in [3.63, 3.8) is 0 Å². The van der Waals surface area contributed by atoms with E-state index in [4.69, 9.17) is 14.2 Å². The Morgan fingerprint density at radius 2 is 1.75 bits per heavy atom. The molecule has 0 saturated carbocycles. The summed E-state index contributed by atoms with van der Waals surface area (Å²) >= 11 is 0. The van der Waals surface area contributed by atoms with Crippen LogP contribution in [-0.4, -0.2) is 6.79 Å². The Kier molecular flexibility index (Phi) is 4.99. The Morgan fingerprint density at radius 3 is 2.50 bits per heavy atom. The standard InChI is InChI=1S/C24H19NO3/c1-17-2-4-19(5-3-17)15-26-22-9-6-18(7-10-22)12-21(14-25)20-8-11-23-24(13-20)28-16-27-23/h2-13H,15-16H2,1H3/b21-12-. The van der Waals surface area contributed by atoms with Crippen molar-refractivity contribution in [3.05, 3.63) is 89.0 Å². The van der Waals surface area contributed by atoms with Gasteiger partial charge < -0.3 is 14.2 Å². The topological polar surface area (TPSA) is 51.5 Å². The summed E-state index contributed by atoms with van der Waals surface area (Å²) in [7, 11) is 0. The normalized spacial score (nSPS) is 12.5. The number of rotatable bonds is 5. The van der Waals surface area contributed by atoms with Crippen LogP contribution in [0.15, 0.2) is 66.7 Å². The van der Waals surface area contributed by atoms with Crippen molar-refractivity contribution in [2.75, 3.05) is 6.79 Å². The molecule has 138 valence electrons. The van der Waals surface area contributed by atoms with Gasteiger partial charge in [0.2, 0.25) is 6.79 Å². The van der Waals surface area contributed by atoms with Crippen molar-refractivity contribution in [2.45, 2.75) is 13.5 Å². The average Bonchev–Trinajstić information content (AvgIpc) is 3.20. The van der Waals surface area contributed by atoms with Crippen LogP contribution in [0.3, 0.4) is 0 Å². The highest BCUT2D eigenvalue weighted by molar-refractivity contribution is 5.90. The van der Waals surface area contributed by atoms with E-state index in [1.165, 1.54) is 5.56 Å². The van der Waals surface area contributed by atoms with Crippen LogP contribution in [0.25, 0.3) is 11.6 Å². The zero-order valence-electron chi connectivity index (χ0n) is 15.5. The first-order valence-corrected chi connectivity index (χ1v) is 9.01. The fourth-order valence-corrected chi connectivity index (χ4v) is 2.92. The first-order valence-electron chi connectivity index (χ1n) is 9.01. The molecule has 0 radical (unpaired) electrons. The fourth-order valence-electron chi connectivity index (χ4n) is 2.92. The van der Waals surface area contributed by atoms with E-state index in [0.29, 0.717) is 23.7 Å². The minimum Gasteiger partial charge on any atom is -0.489 e. The van der Waals surface area contributed by atoms with Gasteiger partial charge >= 0.3 is 0 Å². The van der Waals surface area contributed by atoms with Crippen LogP contribution in [0, 0.1) is 18.3 Å². The monoisotopic (exact) mass is 369 g/mol. The van der Waals surface area contributed by atoms with Gasteiger partial charge in [-0.15, -0.1) is 0 Å². The van der Waals surface area contributed by atoms with Crippen molar-refractivity contribution in [1.29, 1.82) is 5.26 Å². The largest absolute Gasteiger partial charge is 0.489 e. The smallest absolute Gasteiger partial charge is 0.231 e. The van der Waals surface area contributed by atoms with E-state index in [-0.39, 0.29) is 6.79 Å². The van der Waals surface area contributed by atoms with Gasteiger partial charge in [-0.25, -0.2) is 0 Å². The number of ether oxygens (including phenoxy) is 3. The lowest BCUT2D eigenvalue weighted by molar-refractivity contribution is 0.174. The summed E-state index contributed by atoms with van der Waals surface area (Å²) in [6.07, 6.45) is 1.85. The average molecular weight is 369 g/mol. The first-order chi connectivity index (χ1) is 13.7. The molecule has 0 aliphatic carbocycles. The molecule has 4 rings (SSSR count). The molecule has 0 N–H and O–H groups in total. The van der Waals surface area contributed by atoms with Gasteiger partial charge in [-0.1, -0.05) is 42.0 Å². The number of aryl methyl sites for hydroxylation is 1. The summed E-state index contributed by atoms with van der Waals surface area (Å²) in [5.41, 5.74) is 4.65. The number of fused-ring (bicyclic) bond motifs is 1. The van der Waals surface area contributed by atoms with Crippen molar-refractivity contribution in [3.8, 4) is 23.3 Å². The van der Waals surface area contributed by atoms with Crippen molar-refractivity contribution >= 4 is 11.6 Å². The zero-order chi connectivity index (χ0) is 19.3. The zero-order valence-corrected chi connectivity index (χ0v) is 15.5. The van der Waals surface area contributed by atoms with Gasteiger partial charge in [0.1, 0.15) is 12.4 Å². The third kappa shape index (κ3) is 3.99. The van der Waals surface area contributed by atoms with Gasteiger partial charge in [0.25, 0.3) is 0 Å². The lowest BCUT2D eigenvalue weighted by Crippen LogP contribution is -1.95. The van der Waals surface area contributed by atoms with Gasteiger partial charge in [0.05, 0.1) is 11.6 Å². The Hall–Kier alpha value is -3.71. The molecule has 0 saturated heterocycles. The van der Waals surface area contributed by atoms with Gasteiger partial charge in [-0.3, -0.25) is 0 Å². The predicted molar refractivity (Wildman–Crippen MR) is 108 cm³/mol. The van der Waals surface area contributed by atoms with Crippen molar-refractivity contribution in [1.82, 2.24) is 0 Å². The van der Waals surface area contributed by atoms with Crippen LogP contribution in [-0.2, 0) is 6.61 Å². The highest BCUT2D eigenvalue weighted by atomic mass is 16.7. The molecule has 1 heterocycles. The molecule has 28 heavy (non-hydrogen) atoms. The summed E-state index contributed by atoms with van der Waals surface area (Å²) in [6.45, 7) is 2.81. The van der Waals surface area contributed by atoms with Crippen molar-refractivity contribution in [2.24, 2.45) is 0 Å². The van der Waals surface area contributed by atoms with Gasteiger partial charge in [-0.2, -0.15) is 5.26 Å². The van der Waals surface area contributed by atoms with E-state index in [1.807, 2.05) is 48.5 Å². The maximum atomic E-state index is 9.56. The molecule has 1 aliphatic rings. The summed E-state index contributed by atoms with van der Waals surface area (Å²) in [5, 5.41) is 9.56. The minimum absolute atomic E-state index is 0.217. The fraction of sp³-hybridized carbons (Fsp3) is 0.125. The van der Waals surface area contributed by atoms with E-state index in [2.05, 4.69) is 37.3 Å². The molecule has 0 bridgehead atoms. The minimum atomic E-state index is 0.217. The first kappa shape index (κ1) is 17.7. The summed E-state index contributed by atoms with van der Waals surface area (Å²) in [4.78, 5) is 0. The highest BCUT2D eigenvalue weighted by Crippen LogP contribution is 2.34. The second-order valence-corrected chi connectivity index (χ2v) is 6.58. The summed E-state index contributed by atoms with van der Waals surface area (Å²) in [5.74, 6) is 2.16. The number of benzene rings is 3. The molecule has 3 aromatic rings. The molecule has 1 aliphatic heterocycles. The molecule has 0 fully saturated rings. The Morgan fingerprint density at radius 1 is 1.00 bits per heavy atom. The van der Waals surface area contributed by atoms with E-state index < -0.39 is 0 Å². The Balaban J connectivity index is 1.46. The molecule has 0 aromatic heterocycles. The van der Waals surface area contributed by atoms with Crippen LogP contribution in [0.1, 0.15) is 22.3 Å². The number of nitrogens with zero attached hydrogens (tertiary/aromatic N) is 1. The molecule has 0 unspecified atom stereocenters. The number of allylic oxidation sites excluding steroid dienone is 1. The number of nitriles is 1. The van der Waals surface area contributed by atoms with Crippen LogP contribution >= 0.6 is 0 Å². The van der Waals surface area contributed by atoms with Crippen LogP contribution in [0.5, 0.6) is 17.2 Å². The quantitative estimate of drug-likeness (QED) is 0.448. The predicted octanol–water partition coefficient (Wildman–Crippen LogP) is 5.37. The molecule has 0 amide bonds. The Labute approximate surface area is 164 Å². The lowest BCUT2D eigenvalue weighted by Gasteiger charge is -2.07. The molecule has 3 aromatic carbocycles. The number of hydrogen-bond acceptors (Lipinski definition) is 4. The van der Waals surface area contributed by atoms with E-state index in [1.54, 1.807) is 0 Å². The maximum Gasteiger partial charge on any atom is 0.231 e. The van der Waals surface area contributed by atoms with E-state index in [9.17, 15) is 5.26 Å². The summed E-state index contributed by atoms with van der Waals surface area (Å²) in [6, 6.07) is 23.8. The molecular formula is C24H19NO3. The molecule has 0 atom stereocenters. The van der Waals surface area contributed by atoms with Gasteiger partial charge in [0.15, 0.2) is 11.5 Å². The second-order valence-electron chi connectivity index (χ2n) is 6.58. The molecule has 4 nitrogen and oxygen atoms in total. The van der Waals surface area contributed by atoms with Crippen molar-refractivity contribution < 1.29 is 14.2 Å². The Bertz CT molecular complexity index is 1040. The maximum absolute atomic E-state index is 9.56. The van der Waals surface area contributed by atoms with Crippen LogP contribution < -0.4 is 14.2 Å². The lowest BCUT2D eigenvalue weighted by atomic mass is 10.0. The van der Waals surface area contributed by atoms with Gasteiger partial charge in [-0.05, 0) is 60.0 Å². The van der Waals surface area contributed by atoms with E-state index >= 15 is 0 Å². The SMILES string of the molecule is Cc1ccc(COc2ccc(/C=C(/C#N)c3ccc4c(c3)OCO4)cc2)cc1. The third-order valence-electron chi connectivity index (χ3n) is 4.52. The molecule has 0 spiro atoms. The highest BCUT2D eigenvalue weighted by Gasteiger charge is 2.14. The van der Waals surface area contributed by atoms with E-state index in [0.717, 1.165) is 22.4 Å². The van der Waals surface area contributed by atoms with Crippen LogP contribution in [0.2, 0.25) is 0 Å². The molecule has 4 heteroatoms. The third-order valence-corrected chi connectivity index (χ3v) is 4.52. The number of hydrogen-bond donors (Lipinski definition) is 0. The van der Waals surface area contributed by atoms with Gasteiger partial charge in [0, 0.05) is 0 Å².